The van der Waals surface area contributed by atoms with Gasteiger partial charge in [-0.1, -0.05) is 38.1 Å². The van der Waals surface area contributed by atoms with Gasteiger partial charge in [0.15, 0.2) is 11.0 Å². The molecule has 0 spiro atoms. The molecular weight excluding hydrogens is 448 g/mol. The summed E-state index contributed by atoms with van der Waals surface area (Å²) >= 11 is 0. The zero-order valence-electron chi connectivity index (χ0n) is 20.4. The Bertz CT molecular complexity index is 1130. The van der Waals surface area contributed by atoms with Crippen molar-refractivity contribution in [2.75, 3.05) is 24.5 Å². The monoisotopic (exact) mass is 480 g/mol. The Morgan fingerprint density at radius 1 is 1.09 bits per heavy atom. The van der Waals surface area contributed by atoms with Crippen molar-refractivity contribution in [1.82, 2.24) is 14.9 Å². The summed E-state index contributed by atoms with van der Waals surface area (Å²) in [6, 6.07) is 16.7. The predicted octanol–water partition coefficient (Wildman–Crippen LogP) is 4.49. The van der Waals surface area contributed by atoms with E-state index in [0.29, 0.717) is 35.5 Å². The van der Waals surface area contributed by atoms with E-state index in [2.05, 4.69) is 23.8 Å². The van der Waals surface area contributed by atoms with Gasteiger partial charge in [-0.15, -0.1) is 0 Å². The molecule has 0 saturated heterocycles. The second-order valence-corrected chi connectivity index (χ2v) is 9.58. The van der Waals surface area contributed by atoms with Crippen LogP contribution in [0.15, 0.2) is 65.8 Å². The van der Waals surface area contributed by atoms with Gasteiger partial charge in [0, 0.05) is 18.4 Å². The number of carbonyl (C=O) groups excluding carboxylic acids is 1. The summed E-state index contributed by atoms with van der Waals surface area (Å²) in [5.74, 6) is 0.685. The fraction of sp³-hybridized carbons (Fsp3) is 0.346. The normalized spacial score (nSPS) is 11.8. The lowest BCUT2D eigenvalue weighted by molar-refractivity contribution is -0.130. The third-order valence-corrected chi connectivity index (χ3v) is 6.80. The summed E-state index contributed by atoms with van der Waals surface area (Å²) in [4.78, 5) is 24.0. The number of pyridine rings is 2. The molecular formula is C26H32N4O3S. The number of anilines is 1. The van der Waals surface area contributed by atoms with Crippen molar-refractivity contribution in [3.8, 4) is 5.75 Å². The third-order valence-electron chi connectivity index (χ3n) is 5.47. The van der Waals surface area contributed by atoms with E-state index < -0.39 is 11.0 Å². The topological polar surface area (TPSA) is 75.6 Å². The molecule has 2 heterocycles. The molecule has 0 fully saturated rings. The van der Waals surface area contributed by atoms with Gasteiger partial charge in [0.05, 0.1) is 25.0 Å². The molecule has 3 rings (SSSR count). The maximum Gasteiger partial charge on any atom is 0.243 e. The Morgan fingerprint density at radius 3 is 2.47 bits per heavy atom. The summed E-state index contributed by atoms with van der Waals surface area (Å²) in [5.41, 5.74) is 3.33. The highest BCUT2D eigenvalue weighted by Crippen LogP contribution is 2.30. The Kier molecular flexibility index (Phi) is 8.76. The molecule has 1 aromatic carbocycles. The minimum atomic E-state index is -1.72. The van der Waals surface area contributed by atoms with Crippen LogP contribution in [-0.2, 0) is 22.3 Å². The van der Waals surface area contributed by atoms with Crippen molar-refractivity contribution >= 4 is 22.6 Å². The highest BCUT2D eigenvalue weighted by Gasteiger charge is 2.26. The van der Waals surface area contributed by atoms with E-state index in [0.717, 1.165) is 17.0 Å². The summed E-state index contributed by atoms with van der Waals surface area (Å²) in [6.07, 6.45) is 1.74. The van der Waals surface area contributed by atoms with Crippen LogP contribution in [0.4, 0.5) is 5.69 Å². The molecule has 1 atom stereocenters. The molecule has 0 aliphatic rings. The summed E-state index contributed by atoms with van der Waals surface area (Å²) in [7, 11) is -0.161. The molecule has 0 aliphatic heterocycles. The number of hydrogen-bond acceptors (Lipinski definition) is 5. The fourth-order valence-corrected chi connectivity index (χ4v) is 4.61. The molecule has 7 nitrogen and oxygen atoms in total. The standard InChI is InChI=1S/C26H32N4O3S/c1-6-29(17-22-11-9-10-20(4)28-22)26(31)18-30(23-12-7-8-13-24(23)33-5)34(32)25-15-14-21(16-27-25)19(2)3/h7-16,19H,6,17-18H2,1-5H3. The lowest BCUT2D eigenvalue weighted by atomic mass is 10.1. The molecule has 34 heavy (non-hydrogen) atoms. The lowest BCUT2D eigenvalue weighted by Crippen LogP contribution is -2.41. The second kappa shape index (κ2) is 11.7. The fourth-order valence-electron chi connectivity index (χ4n) is 3.50. The SMILES string of the molecule is CCN(Cc1cccc(C)n1)C(=O)CN(c1ccccc1OC)S(=O)c1ccc(C(C)C)cn1. The van der Waals surface area contributed by atoms with E-state index in [1.165, 1.54) is 0 Å². The quantitative estimate of drug-likeness (QED) is 0.427. The van der Waals surface area contributed by atoms with Crippen LogP contribution >= 0.6 is 0 Å². The Hall–Kier alpha value is -3.26. The zero-order chi connectivity index (χ0) is 24.7. The van der Waals surface area contributed by atoms with Gasteiger partial charge in [-0.05, 0) is 55.7 Å². The molecule has 0 radical (unpaired) electrons. The van der Waals surface area contributed by atoms with Gasteiger partial charge < -0.3 is 9.64 Å². The Balaban J connectivity index is 1.91. The molecule has 8 heteroatoms. The Labute approximate surface area is 204 Å². The smallest absolute Gasteiger partial charge is 0.243 e. The number of nitrogens with zero attached hydrogens (tertiary/aromatic N) is 4. The molecule has 1 amide bonds. The summed E-state index contributed by atoms with van der Waals surface area (Å²) < 4.78 is 20.7. The Morgan fingerprint density at radius 2 is 1.85 bits per heavy atom. The van der Waals surface area contributed by atoms with E-state index in [-0.39, 0.29) is 12.5 Å². The molecule has 3 aromatic rings. The lowest BCUT2D eigenvalue weighted by Gasteiger charge is -2.28. The molecule has 0 aliphatic carbocycles. The molecule has 0 saturated carbocycles. The van der Waals surface area contributed by atoms with Crippen LogP contribution in [-0.4, -0.2) is 45.2 Å². The highest BCUT2D eigenvalue weighted by atomic mass is 32.2. The molecule has 1 unspecified atom stereocenters. The van der Waals surface area contributed by atoms with Crippen LogP contribution in [0.5, 0.6) is 5.75 Å². The van der Waals surface area contributed by atoms with Crippen LogP contribution in [0, 0.1) is 6.92 Å². The van der Waals surface area contributed by atoms with Gasteiger partial charge in [-0.25, -0.2) is 9.19 Å². The van der Waals surface area contributed by atoms with Gasteiger partial charge in [-0.3, -0.25) is 14.1 Å². The van der Waals surface area contributed by atoms with Crippen LogP contribution in [0.3, 0.4) is 0 Å². The van der Waals surface area contributed by atoms with E-state index in [1.807, 2.05) is 50.2 Å². The van der Waals surface area contributed by atoms with Crippen molar-refractivity contribution in [2.24, 2.45) is 0 Å². The number of hydrogen-bond donors (Lipinski definition) is 0. The first-order valence-electron chi connectivity index (χ1n) is 11.3. The van der Waals surface area contributed by atoms with Crippen molar-refractivity contribution in [3.63, 3.8) is 0 Å². The maximum atomic E-state index is 13.7. The minimum Gasteiger partial charge on any atom is -0.495 e. The number of carbonyl (C=O) groups is 1. The van der Waals surface area contributed by atoms with E-state index in [9.17, 15) is 9.00 Å². The van der Waals surface area contributed by atoms with Crippen LogP contribution in [0.2, 0.25) is 0 Å². The largest absolute Gasteiger partial charge is 0.495 e. The van der Waals surface area contributed by atoms with Crippen molar-refractivity contribution in [1.29, 1.82) is 0 Å². The number of amides is 1. The number of rotatable bonds is 10. The number of ether oxygens (including phenoxy) is 1. The first-order valence-corrected chi connectivity index (χ1v) is 12.4. The van der Waals surface area contributed by atoms with E-state index >= 15 is 0 Å². The number of benzene rings is 1. The number of para-hydroxylation sites is 2. The summed E-state index contributed by atoms with van der Waals surface area (Å²) in [5, 5.41) is 0.381. The number of methoxy groups -OCH3 is 1. The van der Waals surface area contributed by atoms with Crippen molar-refractivity contribution < 1.29 is 13.7 Å². The van der Waals surface area contributed by atoms with Gasteiger partial charge in [-0.2, -0.15) is 0 Å². The van der Waals surface area contributed by atoms with Gasteiger partial charge in [0.25, 0.3) is 0 Å². The van der Waals surface area contributed by atoms with Crippen LogP contribution < -0.4 is 9.04 Å². The predicted molar refractivity (Wildman–Crippen MR) is 135 cm³/mol. The first-order chi connectivity index (χ1) is 16.3. The second-order valence-electron chi connectivity index (χ2n) is 8.22. The van der Waals surface area contributed by atoms with Gasteiger partial charge in [0.1, 0.15) is 17.3 Å². The number of aromatic nitrogens is 2. The van der Waals surface area contributed by atoms with Crippen molar-refractivity contribution in [3.05, 3.63) is 77.7 Å². The van der Waals surface area contributed by atoms with Gasteiger partial charge >= 0.3 is 0 Å². The minimum absolute atomic E-state index is 0.0970. The molecule has 0 N–H and O–H groups in total. The average molecular weight is 481 g/mol. The van der Waals surface area contributed by atoms with Crippen LogP contribution in [0.25, 0.3) is 0 Å². The zero-order valence-corrected chi connectivity index (χ0v) is 21.2. The molecule has 2 aromatic heterocycles. The van der Waals surface area contributed by atoms with Gasteiger partial charge in [0.2, 0.25) is 5.91 Å². The van der Waals surface area contributed by atoms with E-state index in [1.54, 1.807) is 40.7 Å². The van der Waals surface area contributed by atoms with Crippen molar-refractivity contribution in [2.45, 2.75) is 45.2 Å². The maximum absolute atomic E-state index is 13.7. The van der Waals surface area contributed by atoms with Crippen LogP contribution in [0.1, 0.15) is 43.6 Å². The average Bonchev–Trinajstić information content (AvgIpc) is 2.85. The molecule has 180 valence electrons. The highest BCUT2D eigenvalue weighted by molar-refractivity contribution is 7.86. The number of aryl methyl sites for hydroxylation is 1. The molecule has 0 bridgehead atoms. The van der Waals surface area contributed by atoms with E-state index in [4.69, 9.17) is 4.74 Å². The number of likely N-dealkylation sites (N-methyl/N-ethyl adjacent to an activating group) is 1. The first kappa shape index (κ1) is 25.4. The third kappa shape index (κ3) is 6.20. The summed E-state index contributed by atoms with van der Waals surface area (Å²) in [6.45, 7) is 8.79.